The van der Waals surface area contributed by atoms with E-state index in [1.54, 1.807) is 24.3 Å². The van der Waals surface area contributed by atoms with Crippen LogP contribution in [0.4, 0.5) is 5.69 Å². The molecule has 1 amide bonds. The van der Waals surface area contributed by atoms with Crippen molar-refractivity contribution in [2.45, 2.75) is 6.92 Å². The van der Waals surface area contributed by atoms with Crippen LogP contribution in [0.25, 0.3) is 11.1 Å². The summed E-state index contributed by atoms with van der Waals surface area (Å²) in [4.78, 5) is 25.3. The fraction of sp³-hybridized carbons (Fsp3) is 0.0476. The zero-order chi connectivity index (χ0) is 16.7. The zero-order valence-corrected chi connectivity index (χ0v) is 13.2. The van der Waals surface area contributed by atoms with Crippen LogP contribution in [-0.4, -0.2) is 11.7 Å². The first-order chi connectivity index (χ1) is 11.6. The first-order valence-electron chi connectivity index (χ1n) is 7.80. The first-order valence-corrected chi connectivity index (χ1v) is 7.80. The lowest BCUT2D eigenvalue weighted by Gasteiger charge is -2.10. The summed E-state index contributed by atoms with van der Waals surface area (Å²) < 4.78 is 0. The molecule has 4 rings (SSSR count). The molecule has 1 aliphatic carbocycles. The molecule has 0 heterocycles. The fourth-order valence-corrected chi connectivity index (χ4v) is 3.10. The Labute approximate surface area is 140 Å². The maximum absolute atomic E-state index is 12.8. The van der Waals surface area contributed by atoms with E-state index in [2.05, 4.69) is 5.32 Å². The zero-order valence-electron chi connectivity index (χ0n) is 13.2. The number of aryl methyl sites for hydroxylation is 1. The Morgan fingerprint density at radius 1 is 0.792 bits per heavy atom. The molecule has 3 aromatic carbocycles. The fourth-order valence-electron chi connectivity index (χ4n) is 3.10. The Kier molecular flexibility index (Phi) is 3.28. The van der Waals surface area contributed by atoms with E-state index in [1.165, 1.54) is 0 Å². The van der Waals surface area contributed by atoms with E-state index in [0.29, 0.717) is 16.7 Å². The van der Waals surface area contributed by atoms with Gasteiger partial charge >= 0.3 is 0 Å². The van der Waals surface area contributed by atoms with Gasteiger partial charge in [0.05, 0.1) is 0 Å². The van der Waals surface area contributed by atoms with Crippen molar-refractivity contribution in [2.75, 3.05) is 5.32 Å². The molecular weight excluding hydrogens is 298 g/mol. The van der Waals surface area contributed by atoms with Crippen molar-refractivity contribution in [1.82, 2.24) is 0 Å². The molecule has 24 heavy (non-hydrogen) atoms. The summed E-state index contributed by atoms with van der Waals surface area (Å²) in [5.41, 5.74) is 5.19. The van der Waals surface area contributed by atoms with E-state index in [0.717, 1.165) is 22.4 Å². The number of fused-ring (bicyclic) bond motifs is 3. The molecule has 1 aliphatic rings. The lowest BCUT2D eigenvalue weighted by atomic mass is 9.99. The number of anilines is 1. The van der Waals surface area contributed by atoms with Crippen LogP contribution >= 0.6 is 0 Å². The molecule has 1 N–H and O–H groups in total. The highest BCUT2D eigenvalue weighted by atomic mass is 16.1. The second kappa shape index (κ2) is 5.46. The molecule has 0 unspecified atom stereocenters. The number of carbonyl (C=O) groups is 2. The van der Waals surface area contributed by atoms with Crippen LogP contribution in [0.2, 0.25) is 0 Å². The average Bonchev–Trinajstić information content (AvgIpc) is 2.90. The topological polar surface area (TPSA) is 46.2 Å². The van der Waals surface area contributed by atoms with E-state index >= 15 is 0 Å². The predicted molar refractivity (Wildman–Crippen MR) is 94.4 cm³/mol. The largest absolute Gasteiger partial charge is 0.322 e. The van der Waals surface area contributed by atoms with Crippen LogP contribution in [0.3, 0.4) is 0 Å². The Hall–Kier alpha value is -3.20. The molecule has 0 saturated heterocycles. The summed E-state index contributed by atoms with van der Waals surface area (Å²) in [7, 11) is 0. The average molecular weight is 313 g/mol. The third-order valence-corrected chi connectivity index (χ3v) is 4.30. The highest BCUT2D eigenvalue weighted by Gasteiger charge is 2.30. The molecule has 0 bridgehead atoms. The third-order valence-electron chi connectivity index (χ3n) is 4.30. The van der Waals surface area contributed by atoms with Crippen molar-refractivity contribution in [3.63, 3.8) is 0 Å². The number of rotatable bonds is 2. The van der Waals surface area contributed by atoms with Crippen molar-refractivity contribution >= 4 is 17.4 Å². The number of ketones is 1. The molecule has 0 fully saturated rings. The third kappa shape index (κ3) is 2.22. The summed E-state index contributed by atoms with van der Waals surface area (Å²) >= 11 is 0. The molecule has 3 nitrogen and oxygen atoms in total. The van der Waals surface area contributed by atoms with Crippen LogP contribution in [0, 0.1) is 6.92 Å². The number of amides is 1. The quantitative estimate of drug-likeness (QED) is 0.594. The smallest absolute Gasteiger partial charge is 0.256 e. The Morgan fingerprint density at radius 3 is 2.21 bits per heavy atom. The molecular formula is C21H15NO2. The highest BCUT2D eigenvalue weighted by Crippen LogP contribution is 2.38. The minimum Gasteiger partial charge on any atom is -0.322 e. The van der Waals surface area contributed by atoms with Gasteiger partial charge in [0.25, 0.3) is 5.91 Å². The van der Waals surface area contributed by atoms with E-state index in [1.807, 2.05) is 49.4 Å². The van der Waals surface area contributed by atoms with Crippen molar-refractivity contribution in [3.05, 3.63) is 89.0 Å². The molecule has 116 valence electrons. The van der Waals surface area contributed by atoms with Crippen LogP contribution in [-0.2, 0) is 0 Å². The van der Waals surface area contributed by atoms with Gasteiger partial charge in [0.15, 0.2) is 5.78 Å². The van der Waals surface area contributed by atoms with Crippen LogP contribution in [0.1, 0.15) is 31.8 Å². The Bertz CT molecular complexity index is 971. The van der Waals surface area contributed by atoms with Gasteiger partial charge in [0, 0.05) is 27.9 Å². The normalized spacial score (nSPS) is 11.8. The Morgan fingerprint density at radius 2 is 1.46 bits per heavy atom. The summed E-state index contributed by atoms with van der Waals surface area (Å²) in [6.07, 6.45) is 0. The van der Waals surface area contributed by atoms with E-state index in [-0.39, 0.29) is 11.7 Å². The summed E-state index contributed by atoms with van der Waals surface area (Å²) in [5.74, 6) is -0.231. The van der Waals surface area contributed by atoms with Gasteiger partial charge in [0.2, 0.25) is 0 Å². The lowest BCUT2D eigenvalue weighted by molar-refractivity contribution is 0.102. The van der Waals surface area contributed by atoms with Crippen molar-refractivity contribution in [1.29, 1.82) is 0 Å². The molecule has 3 heteroatoms. The number of hydrogen-bond acceptors (Lipinski definition) is 2. The SMILES string of the molecule is Cc1ccc(NC(=O)c2cccc3c2-c2ccccc2C3=O)cc1. The van der Waals surface area contributed by atoms with Gasteiger partial charge < -0.3 is 5.32 Å². The number of benzene rings is 3. The van der Waals surface area contributed by atoms with Gasteiger partial charge in [-0.3, -0.25) is 9.59 Å². The molecule has 0 aromatic heterocycles. The van der Waals surface area contributed by atoms with Crippen LogP contribution < -0.4 is 5.32 Å². The predicted octanol–water partition coefficient (Wildman–Crippen LogP) is 4.46. The van der Waals surface area contributed by atoms with Crippen LogP contribution in [0.15, 0.2) is 66.7 Å². The molecule has 0 spiro atoms. The molecule has 0 saturated carbocycles. The van der Waals surface area contributed by atoms with Gasteiger partial charge in [0.1, 0.15) is 0 Å². The Balaban J connectivity index is 1.78. The van der Waals surface area contributed by atoms with E-state index < -0.39 is 0 Å². The molecule has 3 aromatic rings. The standard InChI is InChI=1S/C21H15NO2/c1-13-9-11-14(12-10-13)22-21(24)18-8-4-7-17-19(18)15-5-2-3-6-16(15)20(17)23/h2-12H,1H3,(H,22,24). The second-order valence-electron chi connectivity index (χ2n) is 5.92. The summed E-state index contributed by atoms with van der Waals surface area (Å²) in [6.45, 7) is 2.00. The van der Waals surface area contributed by atoms with Gasteiger partial charge in [-0.2, -0.15) is 0 Å². The first kappa shape index (κ1) is 14.4. The summed E-state index contributed by atoms with van der Waals surface area (Å²) in [6, 6.07) is 20.4. The maximum atomic E-state index is 12.8. The van der Waals surface area contributed by atoms with Crippen molar-refractivity contribution in [2.24, 2.45) is 0 Å². The minimum atomic E-state index is -0.208. The number of nitrogens with one attached hydrogen (secondary N) is 1. The van der Waals surface area contributed by atoms with Crippen molar-refractivity contribution in [3.8, 4) is 11.1 Å². The molecule has 0 radical (unpaired) electrons. The van der Waals surface area contributed by atoms with E-state index in [9.17, 15) is 9.59 Å². The maximum Gasteiger partial charge on any atom is 0.256 e. The van der Waals surface area contributed by atoms with Crippen molar-refractivity contribution < 1.29 is 9.59 Å². The molecule has 0 atom stereocenters. The van der Waals surface area contributed by atoms with Gasteiger partial charge in [-0.05, 0) is 30.7 Å². The molecule has 0 aliphatic heterocycles. The minimum absolute atomic E-state index is 0.0226. The van der Waals surface area contributed by atoms with Crippen LogP contribution in [0.5, 0.6) is 0 Å². The van der Waals surface area contributed by atoms with Gasteiger partial charge in [-0.1, -0.05) is 54.1 Å². The van der Waals surface area contributed by atoms with Gasteiger partial charge in [-0.25, -0.2) is 0 Å². The van der Waals surface area contributed by atoms with E-state index in [4.69, 9.17) is 0 Å². The number of hydrogen-bond donors (Lipinski definition) is 1. The monoisotopic (exact) mass is 313 g/mol. The highest BCUT2D eigenvalue weighted by molar-refractivity contribution is 6.25. The second-order valence-corrected chi connectivity index (χ2v) is 5.92. The lowest BCUT2D eigenvalue weighted by Crippen LogP contribution is -2.13. The van der Waals surface area contributed by atoms with Gasteiger partial charge in [-0.15, -0.1) is 0 Å². The summed E-state index contributed by atoms with van der Waals surface area (Å²) in [5, 5.41) is 2.91. The number of carbonyl (C=O) groups excluding carboxylic acids is 2.